The van der Waals surface area contributed by atoms with Crippen molar-refractivity contribution in [3.63, 3.8) is 0 Å². The third-order valence-corrected chi connectivity index (χ3v) is 3.96. The molecule has 0 saturated heterocycles. The Morgan fingerprint density at radius 2 is 2.04 bits per heavy atom. The van der Waals surface area contributed by atoms with Crippen molar-refractivity contribution >= 4 is 6.03 Å². The molecule has 1 atom stereocenters. The van der Waals surface area contributed by atoms with Gasteiger partial charge in [-0.25, -0.2) is 4.79 Å². The summed E-state index contributed by atoms with van der Waals surface area (Å²) in [7, 11) is 1.57. The molecule has 2 rings (SSSR count). The summed E-state index contributed by atoms with van der Waals surface area (Å²) in [5, 5.41) is 6.89. The normalized spacial score (nSPS) is 12.0. The molecule has 1 aromatic heterocycles. The van der Waals surface area contributed by atoms with Gasteiger partial charge < -0.3 is 19.5 Å². The Hall–Kier alpha value is -2.41. The van der Waals surface area contributed by atoms with Crippen molar-refractivity contribution in [2.75, 3.05) is 13.7 Å². The minimum absolute atomic E-state index is 0.0334. The van der Waals surface area contributed by atoms with Crippen LogP contribution in [0.2, 0.25) is 0 Å². The van der Waals surface area contributed by atoms with Crippen molar-refractivity contribution in [2.24, 2.45) is 0 Å². The highest BCUT2D eigenvalue weighted by molar-refractivity contribution is 5.74. The first-order valence-corrected chi connectivity index (χ1v) is 8.49. The van der Waals surface area contributed by atoms with E-state index in [9.17, 15) is 4.79 Å². The Balaban J connectivity index is 2.00. The first kappa shape index (κ1) is 18.9. The lowest BCUT2D eigenvalue weighted by Gasteiger charge is -2.24. The quantitative estimate of drug-likeness (QED) is 0.794. The lowest BCUT2D eigenvalue weighted by atomic mass is 10.0. The molecule has 7 heteroatoms. The Morgan fingerprint density at radius 3 is 2.64 bits per heavy atom. The van der Waals surface area contributed by atoms with Gasteiger partial charge >= 0.3 is 6.03 Å². The van der Waals surface area contributed by atoms with E-state index in [0.717, 1.165) is 12.0 Å². The lowest BCUT2D eigenvalue weighted by Crippen LogP contribution is -2.41. The molecular formula is C18H26N4O3. The van der Waals surface area contributed by atoms with Crippen LogP contribution in [0.25, 0.3) is 0 Å². The molecule has 0 fully saturated rings. The zero-order chi connectivity index (χ0) is 18.2. The fourth-order valence-electron chi connectivity index (χ4n) is 2.49. The summed E-state index contributed by atoms with van der Waals surface area (Å²) in [5.74, 6) is 0.868. The smallest absolute Gasteiger partial charge is 0.318 e. The predicted molar refractivity (Wildman–Crippen MR) is 93.8 cm³/mol. The van der Waals surface area contributed by atoms with Gasteiger partial charge in [0, 0.05) is 13.7 Å². The number of nitrogens with one attached hydrogen (secondary N) is 1. The number of urea groups is 1. The van der Waals surface area contributed by atoms with Gasteiger partial charge in [0.1, 0.15) is 13.2 Å². The molecule has 1 unspecified atom stereocenters. The SMILES string of the molecule is CCC(NC(=O)N(CC)Cc1nc(COC)no1)c1ccc(C)cc1. The molecule has 1 N–H and O–H groups in total. The molecule has 2 aromatic rings. The Kier molecular flexibility index (Phi) is 6.94. The third-order valence-electron chi connectivity index (χ3n) is 3.96. The van der Waals surface area contributed by atoms with Gasteiger partial charge in [0.25, 0.3) is 0 Å². The molecule has 1 heterocycles. The summed E-state index contributed by atoms with van der Waals surface area (Å²) >= 11 is 0. The summed E-state index contributed by atoms with van der Waals surface area (Å²) in [6, 6.07) is 8.02. The van der Waals surface area contributed by atoms with E-state index in [0.29, 0.717) is 18.3 Å². The molecule has 0 saturated carbocycles. The fourth-order valence-corrected chi connectivity index (χ4v) is 2.49. The number of aromatic nitrogens is 2. The van der Waals surface area contributed by atoms with Crippen LogP contribution < -0.4 is 5.32 Å². The lowest BCUT2D eigenvalue weighted by molar-refractivity contribution is 0.174. The molecule has 7 nitrogen and oxygen atoms in total. The van der Waals surface area contributed by atoms with E-state index in [1.165, 1.54) is 5.56 Å². The fraction of sp³-hybridized carbons (Fsp3) is 0.500. The van der Waals surface area contributed by atoms with Gasteiger partial charge in [-0.15, -0.1) is 0 Å². The Labute approximate surface area is 148 Å². The van der Waals surface area contributed by atoms with Gasteiger partial charge in [0.05, 0.1) is 6.04 Å². The van der Waals surface area contributed by atoms with Crippen molar-refractivity contribution < 1.29 is 14.1 Å². The van der Waals surface area contributed by atoms with Crippen LogP contribution in [0.3, 0.4) is 0 Å². The van der Waals surface area contributed by atoms with Gasteiger partial charge in [-0.2, -0.15) is 4.98 Å². The molecule has 25 heavy (non-hydrogen) atoms. The van der Waals surface area contributed by atoms with Crippen LogP contribution in [-0.4, -0.2) is 34.7 Å². The maximum Gasteiger partial charge on any atom is 0.318 e. The van der Waals surface area contributed by atoms with Gasteiger partial charge in [0.2, 0.25) is 5.89 Å². The maximum atomic E-state index is 12.6. The number of hydrogen-bond acceptors (Lipinski definition) is 5. The second-order valence-corrected chi connectivity index (χ2v) is 5.87. The van der Waals surface area contributed by atoms with Gasteiger partial charge in [-0.05, 0) is 25.8 Å². The van der Waals surface area contributed by atoms with E-state index in [1.807, 2.05) is 13.8 Å². The molecule has 1 aromatic carbocycles. The predicted octanol–water partition coefficient (Wildman–Crippen LogP) is 3.21. The average molecular weight is 346 g/mol. The van der Waals surface area contributed by atoms with Crippen LogP contribution >= 0.6 is 0 Å². The van der Waals surface area contributed by atoms with Crippen LogP contribution in [0.5, 0.6) is 0 Å². The summed E-state index contributed by atoms with van der Waals surface area (Å²) < 4.78 is 10.1. The number of ether oxygens (including phenoxy) is 1. The van der Waals surface area contributed by atoms with E-state index in [-0.39, 0.29) is 25.2 Å². The third kappa shape index (κ3) is 5.29. The molecule has 0 aliphatic heterocycles. The molecule has 2 amide bonds. The number of hydrogen-bond donors (Lipinski definition) is 1. The number of methoxy groups -OCH3 is 1. The van der Waals surface area contributed by atoms with Crippen molar-refractivity contribution in [3.05, 3.63) is 47.1 Å². The summed E-state index contributed by atoms with van der Waals surface area (Å²) in [6.45, 7) is 7.11. The highest BCUT2D eigenvalue weighted by Gasteiger charge is 2.19. The number of amides is 2. The number of nitrogens with zero attached hydrogens (tertiary/aromatic N) is 3. The second kappa shape index (κ2) is 9.17. The Morgan fingerprint density at radius 1 is 1.32 bits per heavy atom. The van der Waals surface area contributed by atoms with E-state index in [2.05, 4.69) is 46.6 Å². The minimum Gasteiger partial charge on any atom is -0.377 e. The van der Waals surface area contributed by atoms with Crippen LogP contribution in [0, 0.1) is 6.92 Å². The molecule has 0 aliphatic rings. The van der Waals surface area contributed by atoms with Crippen LogP contribution in [0.1, 0.15) is 49.2 Å². The molecular weight excluding hydrogens is 320 g/mol. The highest BCUT2D eigenvalue weighted by atomic mass is 16.5. The largest absolute Gasteiger partial charge is 0.377 e. The summed E-state index contributed by atoms with van der Waals surface area (Å²) in [4.78, 5) is 18.5. The summed E-state index contributed by atoms with van der Waals surface area (Å²) in [6.07, 6.45) is 0.810. The Bertz CT molecular complexity index is 669. The standard InChI is InChI=1S/C18H26N4O3/c1-5-15(14-9-7-13(3)8-10-14)19-18(23)22(6-2)11-17-20-16(12-24-4)21-25-17/h7-10,15H,5-6,11-12H2,1-4H3,(H,19,23). The molecule has 0 aliphatic carbocycles. The first-order valence-electron chi connectivity index (χ1n) is 8.49. The number of carbonyl (C=O) groups excluding carboxylic acids is 1. The summed E-state index contributed by atoms with van der Waals surface area (Å²) in [5.41, 5.74) is 2.29. The molecule has 0 radical (unpaired) electrons. The van der Waals surface area contributed by atoms with E-state index in [4.69, 9.17) is 9.26 Å². The van der Waals surface area contributed by atoms with Crippen molar-refractivity contribution in [1.82, 2.24) is 20.4 Å². The van der Waals surface area contributed by atoms with Crippen LogP contribution in [-0.2, 0) is 17.9 Å². The number of carbonyl (C=O) groups is 1. The first-order chi connectivity index (χ1) is 12.1. The molecule has 0 bridgehead atoms. The van der Waals surface area contributed by atoms with Crippen LogP contribution in [0.4, 0.5) is 4.79 Å². The number of rotatable bonds is 8. The molecule has 136 valence electrons. The van der Waals surface area contributed by atoms with E-state index in [1.54, 1.807) is 12.0 Å². The van der Waals surface area contributed by atoms with Crippen molar-refractivity contribution in [3.8, 4) is 0 Å². The average Bonchev–Trinajstić information content (AvgIpc) is 3.05. The topological polar surface area (TPSA) is 80.5 Å². The highest BCUT2D eigenvalue weighted by Crippen LogP contribution is 2.18. The zero-order valence-corrected chi connectivity index (χ0v) is 15.3. The van der Waals surface area contributed by atoms with E-state index < -0.39 is 0 Å². The van der Waals surface area contributed by atoms with Gasteiger partial charge in [0.15, 0.2) is 5.82 Å². The van der Waals surface area contributed by atoms with Crippen LogP contribution in [0.15, 0.2) is 28.8 Å². The number of benzene rings is 1. The number of aryl methyl sites for hydroxylation is 1. The monoisotopic (exact) mass is 346 g/mol. The van der Waals surface area contributed by atoms with Crippen molar-refractivity contribution in [1.29, 1.82) is 0 Å². The zero-order valence-electron chi connectivity index (χ0n) is 15.3. The van der Waals surface area contributed by atoms with Gasteiger partial charge in [-0.3, -0.25) is 0 Å². The van der Waals surface area contributed by atoms with Gasteiger partial charge in [-0.1, -0.05) is 41.9 Å². The minimum atomic E-state index is -0.151. The van der Waals surface area contributed by atoms with E-state index >= 15 is 0 Å². The maximum absolute atomic E-state index is 12.6. The second-order valence-electron chi connectivity index (χ2n) is 5.87. The van der Waals surface area contributed by atoms with Crippen molar-refractivity contribution in [2.45, 2.75) is 46.4 Å². The molecule has 0 spiro atoms.